The summed E-state index contributed by atoms with van der Waals surface area (Å²) in [4.78, 5) is 0. The maximum absolute atomic E-state index is 8.45. The van der Waals surface area contributed by atoms with Crippen molar-refractivity contribution < 1.29 is 4.74 Å². The molecule has 0 N–H and O–H groups in total. The van der Waals surface area contributed by atoms with Crippen LogP contribution in [-0.4, -0.2) is 7.11 Å². The zero-order valence-corrected chi connectivity index (χ0v) is 5.66. The van der Waals surface area contributed by atoms with Gasteiger partial charge < -0.3 is 4.74 Å². The fourth-order valence-corrected chi connectivity index (χ4v) is 0.693. The minimum absolute atomic E-state index is 0.624. The first-order valence-corrected chi connectivity index (χ1v) is 2.91. The minimum Gasteiger partial charge on any atom is -0.497 e. The van der Waals surface area contributed by atoms with Crippen LogP contribution in [0.3, 0.4) is 0 Å². The number of nitrogens with zero attached hydrogens (tertiary/aromatic N) is 1. The lowest BCUT2D eigenvalue weighted by Gasteiger charge is -1.96. The summed E-state index contributed by atoms with van der Waals surface area (Å²) >= 11 is 0. The molecule has 0 spiro atoms. The van der Waals surface area contributed by atoms with E-state index in [2.05, 4.69) is 0 Å². The number of hydrogen-bond acceptors (Lipinski definition) is 2. The summed E-state index contributed by atoms with van der Waals surface area (Å²) in [6.07, 6.45) is 0. The molecule has 0 heterocycles. The monoisotopic (exact) mass is 135 g/mol. The van der Waals surface area contributed by atoms with Crippen LogP contribution >= 0.6 is 0 Å². The van der Waals surface area contributed by atoms with Gasteiger partial charge in [0.15, 0.2) is 0 Å². The molecule has 0 aliphatic carbocycles. The molecule has 50 valence electrons. The van der Waals surface area contributed by atoms with E-state index in [9.17, 15) is 0 Å². The van der Waals surface area contributed by atoms with Crippen molar-refractivity contribution in [3.05, 3.63) is 29.8 Å². The van der Waals surface area contributed by atoms with Gasteiger partial charge in [-0.2, -0.15) is 5.26 Å². The smallest absolute Gasteiger partial charge is 0.120 e. The van der Waals surface area contributed by atoms with Crippen molar-refractivity contribution in [3.63, 3.8) is 0 Å². The lowest BCUT2D eigenvalue weighted by molar-refractivity contribution is 0.414. The first-order valence-electron chi connectivity index (χ1n) is 2.91. The molecule has 0 atom stereocenters. The lowest BCUT2D eigenvalue weighted by Crippen LogP contribution is -1.82. The molecule has 1 aromatic rings. The van der Waals surface area contributed by atoms with Crippen molar-refractivity contribution in [2.45, 2.75) is 0 Å². The molecule has 2 nitrogen and oxygen atoms in total. The highest BCUT2D eigenvalue weighted by molar-refractivity contribution is 5.35. The maximum atomic E-state index is 8.45. The Labute approximate surface area is 59.7 Å². The third kappa shape index (κ3) is 1.26. The Morgan fingerprint density at radius 1 is 1.50 bits per heavy atom. The van der Waals surface area contributed by atoms with E-state index in [4.69, 9.17) is 10.00 Å². The van der Waals surface area contributed by atoms with E-state index in [1.165, 1.54) is 0 Å². The van der Waals surface area contributed by atoms with Gasteiger partial charge in [-0.05, 0) is 18.2 Å². The Hall–Kier alpha value is -1.49. The first-order chi connectivity index (χ1) is 4.86. The zero-order chi connectivity index (χ0) is 7.40. The average Bonchev–Trinajstić information content (AvgIpc) is 2.05. The van der Waals surface area contributed by atoms with Gasteiger partial charge in [0.05, 0.1) is 18.7 Å². The minimum atomic E-state index is 0.624. The second-order valence-electron chi connectivity index (χ2n) is 1.84. The third-order valence-corrected chi connectivity index (χ3v) is 1.20. The van der Waals surface area contributed by atoms with Gasteiger partial charge in [-0.15, -0.1) is 0 Å². The van der Waals surface area contributed by atoms with Gasteiger partial charge in [-0.25, -0.2) is 0 Å². The van der Waals surface area contributed by atoms with Crippen LogP contribution in [0.15, 0.2) is 24.3 Å². The molecule has 1 rings (SSSR count). The topological polar surface area (TPSA) is 33.0 Å². The van der Waals surface area contributed by atoms with Crippen LogP contribution in [-0.2, 0) is 0 Å². The van der Waals surface area contributed by atoms with Crippen LogP contribution in [0.5, 0.6) is 5.75 Å². The van der Waals surface area contributed by atoms with E-state index in [1.807, 2.05) is 6.07 Å². The predicted molar refractivity (Wildman–Crippen MR) is 37.7 cm³/mol. The molecule has 0 aliphatic rings. The van der Waals surface area contributed by atoms with Crippen LogP contribution in [0, 0.1) is 11.3 Å². The second kappa shape index (κ2) is 2.88. The predicted octanol–water partition coefficient (Wildman–Crippen LogP) is 1.57. The molecule has 2 heteroatoms. The Bertz CT molecular complexity index is 262. The summed E-state index contributed by atoms with van der Waals surface area (Å²) in [7, 11) is 1.58. The van der Waals surface area contributed by atoms with Crippen molar-refractivity contribution in [2.24, 2.45) is 0 Å². The molecule has 0 aromatic heterocycles. The van der Waals surface area contributed by atoms with Crippen molar-refractivity contribution in [1.82, 2.24) is 0 Å². The zero-order valence-electron chi connectivity index (χ0n) is 5.66. The summed E-state index contributed by atoms with van der Waals surface area (Å²) in [6, 6.07) is 9.05. The van der Waals surface area contributed by atoms with Crippen LogP contribution in [0.1, 0.15) is 5.56 Å². The van der Waals surface area contributed by atoms with Gasteiger partial charge in [0, 0.05) is 0 Å². The van der Waals surface area contributed by atoms with E-state index in [-0.39, 0.29) is 0 Å². The maximum Gasteiger partial charge on any atom is 0.120 e. The standard InChI is InChI=1S/C8H7NO/c1-10-8-4-2-3-7(5-8)6-9/h2-5H,1H3/i6+2. The van der Waals surface area contributed by atoms with E-state index < -0.39 is 0 Å². The molecule has 0 saturated carbocycles. The van der Waals surface area contributed by atoms with E-state index in [0.29, 0.717) is 5.56 Å². The number of nitriles is 1. The SMILES string of the molecule is COc1cccc([14C]#N)c1. The van der Waals surface area contributed by atoms with Gasteiger partial charge >= 0.3 is 0 Å². The van der Waals surface area contributed by atoms with Crippen molar-refractivity contribution in [3.8, 4) is 11.8 Å². The normalized spacial score (nSPS) is 8.40. The molecule has 0 amide bonds. The van der Waals surface area contributed by atoms with Crippen LogP contribution in [0.4, 0.5) is 0 Å². The quantitative estimate of drug-likeness (QED) is 0.585. The van der Waals surface area contributed by atoms with Gasteiger partial charge in [0.2, 0.25) is 0 Å². The summed E-state index contributed by atoms with van der Waals surface area (Å²) in [5.74, 6) is 0.721. The molecule has 0 fully saturated rings. The molecule has 0 bridgehead atoms. The van der Waals surface area contributed by atoms with Crippen LogP contribution in [0.2, 0.25) is 0 Å². The molecule has 0 aliphatic heterocycles. The highest BCUT2D eigenvalue weighted by atomic mass is 16.5. The van der Waals surface area contributed by atoms with Crippen molar-refractivity contribution in [1.29, 1.82) is 5.26 Å². The van der Waals surface area contributed by atoms with Crippen LogP contribution < -0.4 is 4.74 Å². The summed E-state index contributed by atoms with van der Waals surface area (Å²) in [6.45, 7) is 0. The Morgan fingerprint density at radius 2 is 2.30 bits per heavy atom. The molecular formula is C8H7NO. The Kier molecular flexibility index (Phi) is 1.91. The number of rotatable bonds is 1. The highest BCUT2D eigenvalue weighted by Gasteiger charge is 1.90. The van der Waals surface area contributed by atoms with Crippen LogP contribution in [0.25, 0.3) is 0 Å². The largest absolute Gasteiger partial charge is 0.497 e. The highest BCUT2D eigenvalue weighted by Crippen LogP contribution is 2.10. The molecule has 0 saturated heterocycles. The molecule has 0 radical (unpaired) electrons. The van der Waals surface area contributed by atoms with Gasteiger partial charge in [-0.3, -0.25) is 0 Å². The number of ether oxygens (including phenoxy) is 1. The number of methoxy groups -OCH3 is 1. The lowest BCUT2D eigenvalue weighted by atomic mass is 10.3. The molecule has 10 heavy (non-hydrogen) atoms. The summed E-state index contributed by atoms with van der Waals surface area (Å²) in [5.41, 5.74) is 0.624. The first kappa shape index (κ1) is 6.63. The molecule has 1 aromatic carbocycles. The summed E-state index contributed by atoms with van der Waals surface area (Å²) < 4.78 is 4.91. The Morgan fingerprint density at radius 3 is 2.90 bits per heavy atom. The fraction of sp³-hybridized carbons (Fsp3) is 0.125. The van der Waals surface area contributed by atoms with E-state index in [1.54, 1.807) is 31.4 Å². The second-order valence-corrected chi connectivity index (χ2v) is 1.84. The van der Waals surface area contributed by atoms with E-state index in [0.717, 1.165) is 5.75 Å². The van der Waals surface area contributed by atoms with Gasteiger partial charge in [0.1, 0.15) is 5.75 Å². The molecule has 0 unspecified atom stereocenters. The van der Waals surface area contributed by atoms with Crippen molar-refractivity contribution in [2.75, 3.05) is 7.11 Å². The van der Waals surface area contributed by atoms with Crippen molar-refractivity contribution >= 4 is 0 Å². The van der Waals surface area contributed by atoms with Gasteiger partial charge in [-0.1, -0.05) is 6.07 Å². The van der Waals surface area contributed by atoms with E-state index >= 15 is 0 Å². The van der Waals surface area contributed by atoms with Gasteiger partial charge in [0.25, 0.3) is 0 Å². The number of hydrogen-bond donors (Lipinski definition) is 0. The summed E-state index contributed by atoms with van der Waals surface area (Å²) in [5, 5.41) is 8.45. The molecular weight excluding hydrogens is 128 g/mol. The number of benzene rings is 1. The Balaban J connectivity index is 3.01. The average molecular weight is 135 g/mol. The third-order valence-electron chi connectivity index (χ3n) is 1.20. The fourth-order valence-electron chi connectivity index (χ4n) is 0.693.